The molecule has 3 nitrogen and oxygen atoms in total. The molecule has 3 fully saturated rings. The Balaban J connectivity index is 0.000000730. The standard InChI is InChI=1S/C19H34O2.C2H6.CH4O/c1-4-6-13-8-15(12(3)17(20)10-13)16-9-14(7-5-2)11-18-19(16)21-18;2*1-2/h12-20H,4-11H2,1-3H3;1-2H3;2H,1H3. The van der Waals surface area contributed by atoms with Crippen molar-refractivity contribution in [2.24, 2.45) is 29.6 Å². The van der Waals surface area contributed by atoms with Gasteiger partial charge in [0.1, 0.15) is 0 Å². The lowest BCUT2D eigenvalue weighted by Gasteiger charge is -2.43. The molecule has 0 aromatic heterocycles. The van der Waals surface area contributed by atoms with Gasteiger partial charge in [0, 0.05) is 7.11 Å². The predicted molar refractivity (Wildman–Crippen MR) is 106 cm³/mol. The molecule has 3 rings (SSSR count). The highest BCUT2D eigenvalue weighted by Gasteiger charge is 2.54. The number of hydrogen-bond acceptors (Lipinski definition) is 3. The first-order valence-corrected chi connectivity index (χ1v) is 10.9. The maximum absolute atomic E-state index is 10.5. The maximum Gasteiger partial charge on any atom is 0.0872 e. The van der Waals surface area contributed by atoms with Crippen molar-refractivity contribution in [3.05, 3.63) is 0 Å². The van der Waals surface area contributed by atoms with Crippen LogP contribution in [0.1, 0.15) is 86.0 Å². The summed E-state index contributed by atoms with van der Waals surface area (Å²) in [4.78, 5) is 0. The van der Waals surface area contributed by atoms with Crippen LogP contribution in [0.2, 0.25) is 0 Å². The molecule has 0 spiro atoms. The summed E-state index contributed by atoms with van der Waals surface area (Å²) < 4.78 is 6.02. The average Bonchev–Trinajstić information content (AvgIpc) is 3.41. The minimum atomic E-state index is -0.0796. The van der Waals surface area contributed by atoms with Crippen LogP contribution >= 0.6 is 0 Å². The second-order valence-corrected chi connectivity index (χ2v) is 8.15. The van der Waals surface area contributed by atoms with Gasteiger partial charge < -0.3 is 14.9 Å². The molecule has 0 aromatic carbocycles. The van der Waals surface area contributed by atoms with Gasteiger partial charge in [0.2, 0.25) is 0 Å². The number of hydrogen-bond donors (Lipinski definition) is 2. The Labute approximate surface area is 156 Å². The van der Waals surface area contributed by atoms with E-state index in [0.717, 1.165) is 31.3 Å². The van der Waals surface area contributed by atoms with E-state index in [9.17, 15) is 5.11 Å². The highest BCUT2D eigenvalue weighted by Crippen LogP contribution is 2.52. The van der Waals surface area contributed by atoms with E-state index < -0.39 is 0 Å². The Bertz CT molecular complexity index is 346. The van der Waals surface area contributed by atoms with E-state index in [2.05, 4.69) is 20.8 Å². The lowest BCUT2D eigenvalue weighted by Crippen LogP contribution is -2.42. The molecule has 8 unspecified atom stereocenters. The Hall–Kier alpha value is -0.120. The van der Waals surface area contributed by atoms with Crippen LogP contribution in [0.15, 0.2) is 0 Å². The molecule has 1 aliphatic heterocycles. The number of fused-ring (bicyclic) bond motifs is 1. The molecule has 2 N–H and O–H groups in total. The molecule has 0 radical (unpaired) electrons. The zero-order valence-electron chi connectivity index (χ0n) is 17.6. The third kappa shape index (κ3) is 5.94. The van der Waals surface area contributed by atoms with Crippen LogP contribution in [0.5, 0.6) is 0 Å². The molecular weight excluding hydrogens is 312 g/mol. The van der Waals surface area contributed by atoms with Crippen LogP contribution in [0.4, 0.5) is 0 Å². The van der Waals surface area contributed by atoms with Crippen molar-refractivity contribution in [3.8, 4) is 0 Å². The molecule has 0 bridgehead atoms. The molecule has 2 saturated carbocycles. The van der Waals surface area contributed by atoms with Crippen molar-refractivity contribution in [1.29, 1.82) is 0 Å². The summed E-state index contributed by atoms with van der Waals surface area (Å²) in [6, 6.07) is 0. The van der Waals surface area contributed by atoms with Crippen molar-refractivity contribution in [2.45, 2.75) is 104 Å². The first kappa shape index (κ1) is 22.9. The zero-order chi connectivity index (χ0) is 19.0. The van der Waals surface area contributed by atoms with Gasteiger partial charge in [0.25, 0.3) is 0 Å². The molecule has 150 valence electrons. The zero-order valence-corrected chi connectivity index (χ0v) is 17.6. The number of rotatable bonds is 5. The first-order chi connectivity index (χ1) is 12.1. The van der Waals surface area contributed by atoms with E-state index in [1.165, 1.54) is 44.9 Å². The highest BCUT2D eigenvalue weighted by molar-refractivity contribution is 5.02. The number of ether oxygens (including phenoxy) is 1. The quantitative estimate of drug-likeness (QED) is 0.679. The maximum atomic E-state index is 10.5. The van der Waals surface area contributed by atoms with Gasteiger partial charge in [0.15, 0.2) is 0 Å². The second-order valence-electron chi connectivity index (χ2n) is 8.15. The monoisotopic (exact) mass is 356 g/mol. The van der Waals surface area contributed by atoms with Gasteiger partial charge in [-0.25, -0.2) is 0 Å². The number of aliphatic hydroxyl groups excluding tert-OH is 2. The third-order valence-electron chi connectivity index (χ3n) is 6.62. The summed E-state index contributed by atoms with van der Waals surface area (Å²) in [7, 11) is 1.00. The van der Waals surface area contributed by atoms with Crippen LogP contribution in [0, 0.1) is 29.6 Å². The molecule has 8 atom stereocenters. The van der Waals surface area contributed by atoms with Gasteiger partial charge >= 0.3 is 0 Å². The lowest BCUT2D eigenvalue weighted by atomic mass is 9.62. The van der Waals surface area contributed by atoms with E-state index in [4.69, 9.17) is 9.84 Å². The molecule has 3 heteroatoms. The minimum absolute atomic E-state index is 0.0796. The molecule has 0 aromatic rings. The fraction of sp³-hybridized carbons (Fsp3) is 1.00. The van der Waals surface area contributed by atoms with E-state index in [1.807, 2.05) is 13.8 Å². The normalized spacial score (nSPS) is 42.2. The SMILES string of the molecule is CC.CCCC1CC(O)C(C)C(C2CC(CCC)CC3OC32)C1.CO. The summed E-state index contributed by atoms with van der Waals surface area (Å²) in [5, 5.41) is 17.5. The van der Waals surface area contributed by atoms with Crippen LogP contribution in [-0.2, 0) is 4.74 Å². The number of aliphatic hydroxyl groups is 2. The van der Waals surface area contributed by atoms with Gasteiger partial charge in [-0.2, -0.15) is 0 Å². The third-order valence-corrected chi connectivity index (χ3v) is 6.62. The number of epoxide rings is 1. The smallest absolute Gasteiger partial charge is 0.0872 e. The van der Waals surface area contributed by atoms with Crippen molar-refractivity contribution in [1.82, 2.24) is 0 Å². The van der Waals surface area contributed by atoms with Crippen LogP contribution in [0.25, 0.3) is 0 Å². The minimum Gasteiger partial charge on any atom is -0.400 e. The Morgan fingerprint density at radius 2 is 1.36 bits per heavy atom. The van der Waals surface area contributed by atoms with E-state index in [1.54, 1.807) is 0 Å². The van der Waals surface area contributed by atoms with E-state index in [0.29, 0.717) is 24.0 Å². The Morgan fingerprint density at radius 3 is 1.92 bits per heavy atom. The molecular formula is C22H44O3. The molecule has 25 heavy (non-hydrogen) atoms. The van der Waals surface area contributed by atoms with Crippen LogP contribution in [0.3, 0.4) is 0 Å². The fourth-order valence-corrected chi connectivity index (χ4v) is 5.47. The van der Waals surface area contributed by atoms with Gasteiger partial charge in [-0.3, -0.25) is 0 Å². The summed E-state index contributed by atoms with van der Waals surface area (Å²) in [5.74, 6) is 3.51. The molecule has 0 amide bonds. The Kier molecular flexibility index (Phi) is 10.6. The van der Waals surface area contributed by atoms with Crippen molar-refractivity contribution < 1.29 is 14.9 Å². The van der Waals surface area contributed by atoms with Gasteiger partial charge in [-0.15, -0.1) is 0 Å². The lowest BCUT2D eigenvalue weighted by molar-refractivity contribution is -0.0189. The van der Waals surface area contributed by atoms with Crippen molar-refractivity contribution >= 4 is 0 Å². The van der Waals surface area contributed by atoms with Crippen LogP contribution < -0.4 is 0 Å². The second kappa shape index (κ2) is 11.6. The van der Waals surface area contributed by atoms with Crippen LogP contribution in [-0.4, -0.2) is 35.6 Å². The van der Waals surface area contributed by atoms with E-state index in [-0.39, 0.29) is 6.10 Å². The summed E-state index contributed by atoms with van der Waals surface area (Å²) in [6.07, 6.45) is 11.3. The largest absolute Gasteiger partial charge is 0.400 e. The van der Waals surface area contributed by atoms with Crippen molar-refractivity contribution in [3.63, 3.8) is 0 Å². The van der Waals surface area contributed by atoms with E-state index >= 15 is 0 Å². The summed E-state index contributed by atoms with van der Waals surface area (Å²) >= 11 is 0. The first-order valence-electron chi connectivity index (χ1n) is 10.9. The fourth-order valence-electron chi connectivity index (χ4n) is 5.47. The average molecular weight is 357 g/mol. The molecule has 3 aliphatic rings. The molecule has 2 aliphatic carbocycles. The van der Waals surface area contributed by atoms with Gasteiger partial charge in [-0.05, 0) is 55.3 Å². The van der Waals surface area contributed by atoms with Gasteiger partial charge in [-0.1, -0.05) is 60.3 Å². The summed E-state index contributed by atoms with van der Waals surface area (Å²) in [5.41, 5.74) is 0. The predicted octanol–water partition coefficient (Wildman–Crippen LogP) is 5.04. The highest BCUT2D eigenvalue weighted by atomic mass is 16.6. The topological polar surface area (TPSA) is 53.0 Å². The summed E-state index contributed by atoms with van der Waals surface area (Å²) in [6.45, 7) is 10.9. The molecule has 1 saturated heterocycles. The van der Waals surface area contributed by atoms with Crippen molar-refractivity contribution in [2.75, 3.05) is 7.11 Å². The molecule has 1 heterocycles. The van der Waals surface area contributed by atoms with Gasteiger partial charge in [0.05, 0.1) is 18.3 Å². The Morgan fingerprint density at radius 1 is 0.840 bits per heavy atom.